The quantitative estimate of drug-likeness (QED) is 0.641. The molecule has 0 unspecified atom stereocenters. The van der Waals surface area contributed by atoms with Crippen molar-refractivity contribution in [2.24, 2.45) is 0 Å². The van der Waals surface area contributed by atoms with Crippen LogP contribution in [-0.4, -0.2) is 18.2 Å². The van der Waals surface area contributed by atoms with Crippen molar-refractivity contribution in [3.05, 3.63) is 23.2 Å². The highest BCUT2D eigenvalue weighted by molar-refractivity contribution is 7.18. The van der Waals surface area contributed by atoms with Gasteiger partial charge in [-0.2, -0.15) is 0 Å². The second-order valence-electron chi connectivity index (χ2n) is 3.64. The molecule has 0 radical (unpaired) electrons. The normalized spacial score (nSPS) is 11.1. The molecule has 2 N–H and O–H groups in total. The zero-order chi connectivity index (χ0) is 11.4. The monoisotopic (exact) mass is 236 g/mol. The van der Waals surface area contributed by atoms with Gasteiger partial charge in [0.05, 0.1) is 15.2 Å². The Hall–Kier alpha value is -1.13. The van der Waals surface area contributed by atoms with Crippen LogP contribution < -0.4 is 5.73 Å². The number of thiazole rings is 1. The highest BCUT2D eigenvalue weighted by atomic mass is 32.1. The van der Waals surface area contributed by atoms with E-state index in [2.05, 4.69) is 4.98 Å². The lowest BCUT2D eigenvalue weighted by molar-refractivity contribution is 0.145. The van der Waals surface area contributed by atoms with Crippen LogP contribution in [0.25, 0.3) is 10.2 Å². The van der Waals surface area contributed by atoms with Gasteiger partial charge in [0.1, 0.15) is 0 Å². The fraction of sp³-hybridized carbons (Fsp3) is 0.417. The number of nitrogens with zero attached hydrogens (tertiary/aromatic N) is 1. The molecular weight excluding hydrogens is 220 g/mol. The van der Waals surface area contributed by atoms with Gasteiger partial charge in [0.15, 0.2) is 0 Å². The summed E-state index contributed by atoms with van der Waals surface area (Å²) in [5.41, 5.74) is 7.58. The average molecular weight is 236 g/mol. The van der Waals surface area contributed by atoms with E-state index in [1.807, 2.05) is 25.1 Å². The summed E-state index contributed by atoms with van der Waals surface area (Å²) in [5.74, 6) is 0. The Labute approximate surface area is 99.3 Å². The molecule has 0 atom stereocenters. The number of fused-ring (bicyclic) bond motifs is 1. The maximum absolute atomic E-state index is 5.73. The SMILES string of the molecule is CCOCCCc1nc2ccc(N)cc2s1. The molecule has 3 nitrogen and oxygen atoms in total. The third-order valence-electron chi connectivity index (χ3n) is 2.34. The van der Waals surface area contributed by atoms with Gasteiger partial charge in [-0.05, 0) is 31.5 Å². The van der Waals surface area contributed by atoms with E-state index in [1.54, 1.807) is 11.3 Å². The van der Waals surface area contributed by atoms with Crippen LogP contribution in [0.15, 0.2) is 18.2 Å². The van der Waals surface area contributed by atoms with Crippen molar-refractivity contribution < 1.29 is 4.74 Å². The van der Waals surface area contributed by atoms with E-state index in [0.717, 1.165) is 37.3 Å². The van der Waals surface area contributed by atoms with Crippen molar-refractivity contribution in [1.29, 1.82) is 0 Å². The topological polar surface area (TPSA) is 48.1 Å². The van der Waals surface area contributed by atoms with Gasteiger partial charge in [-0.3, -0.25) is 0 Å². The van der Waals surface area contributed by atoms with Crippen LogP contribution in [0, 0.1) is 0 Å². The molecule has 0 amide bonds. The summed E-state index contributed by atoms with van der Waals surface area (Å²) < 4.78 is 6.48. The van der Waals surface area contributed by atoms with E-state index >= 15 is 0 Å². The van der Waals surface area contributed by atoms with Crippen LogP contribution in [0.4, 0.5) is 5.69 Å². The number of benzene rings is 1. The second-order valence-corrected chi connectivity index (χ2v) is 4.75. The number of nitrogens with two attached hydrogens (primary N) is 1. The summed E-state index contributed by atoms with van der Waals surface area (Å²) in [5, 5.41) is 1.17. The van der Waals surface area contributed by atoms with E-state index in [-0.39, 0.29) is 0 Å². The minimum atomic E-state index is 0.788. The van der Waals surface area contributed by atoms with E-state index in [9.17, 15) is 0 Å². The first-order chi connectivity index (χ1) is 7.79. The fourth-order valence-corrected chi connectivity index (χ4v) is 2.62. The summed E-state index contributed by atoms with van der Waals surface area (Å²) >= 11 is 1.72. The van der Waals surface area contributed by atoms with Crippen LogP contribution in [0.3, 0.4) is 0 Å². The lowest BCUT2D eigenvalue weighted by Crippen LogP contribution is -1.95. The Morgan fingerprint density at radius 2 is 2.31 bits per heavy atom. The van der Waals surface area contributed by atoms with Crippen molar-refractivity contribution in [1.82, 2.24) is 4.98 Å². The van der Waals surface area contributed by atoms with Crippen LogP contribution >= 0.6 is 11.3 Å². The van der Waals surface area contributed by atoms with Crippen LogP contribution in [0.1, 0.15) is 18.4 Å². The number of nitrogen functional groups attached to an aromatic ring is 1. The first-order valence-corrected chi connectivity index (χ1v) is 6.34. The summed E-state index contributed by atoms with van der Waals surface area (Å²) in [6, 6.07) is 5.86. The predicted molar refractivity (Wildman–Crippen MR) is 68.8 cm³/mol. The van der Waals surface area contributed by atoms with Crippen molar-refractivity contribution in [3.8, 4) is 0 Å². The van der Waals surface area contributed by atoms with Crippen molar-refractivity contribution in [3.63, 3.8) is 0 Å². The summed E-state index contributed by atoms with van der Waals surface area (Å²) in [6.07, 6.45) is 2.02. The molecule has 0 aliphatic rings. The van der Waals surface area contributed by atoms with Gasteiger partial charge in [0.25, 0.3) is 0 Å². The third-order valence-corrected chi connectivity index (χ3v) is 3.42. The number of anilines is 1. The molecule has 1 heterocycles. The average Bonchev–Trinajstić information content (AvgIpc) is 2.66. The van der Waals surface area contributed by atoms with E-state index in [4.69, 9.17) is 10.5 Å². The van der Waals surface area contributed by atoms with Gasteiger partial charge < -0.3 is 10.5 Å². The summed E-state index contributed by atoms with van der Waals surface area (Å²) in [4.78, 5) is 4.56. The van der Waals surface area contributed by atoms with Crippen molar-refractivity contribution in [2.45, 2.75) is 19.8 Å². The molecular formula is C12H16N2OS. The first kappa shape index (κ1) is 11.4. The standard InChI is InChI=1S/C12H16N2OS/c1-2-15-7-3-4-12-14-10-6-5-9(13)8-11(10)16-12/h5-6,8H,2-4,7,13H2,1H3. The molecule has 0 saturated heterocycles. The number of hydrogen-bond donors (Lipinski definition) is 1. The Balaban J connectivity index is 2.02. The largest absolute Gasteiger partial charge is 0.399 e. The summed E-state index contributed by atoms with van der Waals surface area (Å²) in [7, 11) is 0. The van der Waals surface area contributed by atoms with E-state index in [1.165, 1.54) is 9.71 Å². The molecule has 2 aromatic rings. The maximum Gasteiger partial charge on any atom is 0.0939 e. The summed E-state index contributed by atoms with van der Waals surface area (Å²) in [6.45, 7) is 3.62. The van der Waals surface area contributed by atoms with E-state index < -0.39 is 0 Å². The zero-order valence-corrected chi connectivity index (χ0v) is 10.2. The van der Waals surface area contributed by atoms with E-state index in [0.29, 0.717) is 0 Å². The van der Waals surface area contributed by atoms with Crippen molar-refractivity contribution in [2.75, 3.05) is 18.9 Å². The second kappa shape index (κ2) is 5.27. The highest BCUT2D eigenvalue weighted by Crippen LogP contribution is 2.24. The Bertz CT molecular complexity index is 467. The van der Waals surface area contributed by atoms with Crippen LogP contribution in [0.5, 0.6) is 0 Å². The molecule has 0 saturated carbocycles. The van der Waals surface area contributed by atoms with Gasteiger partial charge in [-0.25, -0.2) is 4.98 Å². The molecule has 1 aromatic heterocycles. The molecule has 2 rings (SSSR count). The number of aromatic nitrogens is 1. The van der Waals surface area contributed by atoms with Gasteiger partial charge in [-0.15, -0.1) is 11.3 Å². The van der Waals surface area contributed by atoms with Gasteiger partial charge in [0, 0.05) is 25.3 Å². The molecule has 0 bridgehead atoms. The molecule has 0 spiro atoms. The van der Waals surface area contributed by atoms with Gasteiger partial charge in [0.2, 0.25) is 0 Å². The lowest BCUT2D eigenvalue weighted by atomic mass is 10.3. The maximum atomic E-state index is 5.73. The molecule has 86 valence electrons. The molecule has 16 heavy (non-hydrogen) atoms. The Kier molecular flexibility index (Phi) is 3.74. The van der Waals surface area contributed by atoms with Crippen LogP contribution in [-0.2, 0) is 11.2 Å². The molecule has 4 heteroatoms. The third kappa shape index (κ3) is 2.71. The smallest absolute Gasteiger partial charge is 0.0939 e. The minimum Gasteiger partial charge on any atom is -0.399 e. The number of ether oxygens (including phenoxy) is 1. The Morgan fingerprint density at radius 1 is 1.44 bits per heavy atom. The molecule has 1 aromatic carbocycles. The first-order valence-electron chi connectivity index (χ1n) is 5.52. The molecule has 0 fully saturated rings. The Morgan fingerprint density at radius 3 is 3.12 bits per heavy atom. The fourth-order valence-electron chi connectivity index (χ4n) is 1.57. The van der Waals surface area contributed by atoms with Crippen molar-refractivity contribution >= 4 is 27.2 Å². The minimum absolute atomic E-state index is 0.788. The molecule has 0 aliphatic carbocycles. The number of aryl methyl sites for hydroxylation is 1. The van der Waals surface area contributed by atoms with Gasteiger partial charge >= 0.3 is 0 Å². The zero-order valence-electron chi connectivity index (χ0n) is 9.40. The van der Waals surface area contributed by atoms with Gasteiger partial charge in [-0.1, -0.05) is 0 Å². The lowest BCUT2D eigenvalue weighted by Gasteiger charge is -1.97. The predicted octanol–water partition coefficient (Wildman–Crippen LogP) is 2.85. The van der Waals surface area contributed by atoms with Crippen LogP contribution in [0.2, 0.25) is 0 Å². The number of hydrogen-bond acceptors (Lipinski definition) is 4. The number of rotatable bonds is 5. The molecule has 0 aliphatic heterocycles. The highest BCUT2D eigenvalue weighted by Gasteiger charge is 2.03.